The predicted octanol–water partition coefficient (Wildman–Crippen LogP) is 3.80. The second-order valence-electron chi connectivity index (χ2n) is 6.22. The van der Waals surface area contributed by atoms with E-state index in [0.29, 0.717) is 22.4 Å². The molecule has 3 rings (SSSR count). The van der Waals surface area contributed by atoms with Gasteiger partial charge in [-0.25, -0.2) is 0 Å². The van der Waals surface area contributed by atoms with Crippen LogP contribution in [-0.2, 0) is 4.79 Å². The summed E-state index contributed by atoms with van der Waals surface area (Å²) in [6.45, 7) is 5.46. The summed E-state index contributed by atoms with van der Waals surface area (Å²) in [5.41, 5.74) is 8.11. The third kappa shape index (κ3) is 3.13. The van der Waals surface area contributed by atoms with Crippen LogP contribution in [-0.4, -0.2) is 11.9 Å². The zero-order valence-electron chi connectivity index (χ0n) is 14.4. The zero-order valence-corrected chi connectivity index (χ0v) is 14.4. The molecule has 2 N–H and O–H groups in total. The van der Waals surface area contributed by atoms with E-state index in [2.05, 4.69) is 0 Å². The number of fused-ring (bicyclic) bond motifs is 1. The van der Waals surface area contributed by atoms with Crippen molar-refractivity contribution in [3.63, 3.8) is 0 Å². The maximum Gasteiger partial charge on any atom is 0.224 e. The van der Waals surface area contributed by atoms with E-state index in [1.165, 1.54) is 6.07 Å². The number of nitrogen functional groups attached to an aromatic ring is 1. The van der Waals surface area contributed by atoms with Gasteiger partial charge >= 0.3 is 0 Å². The molecule has 0 aliphatic carbocycles. The van der Waals surface area contributed by atoms with Crippen molar-refractivity contribution in [3.05, 3.63) is 58.8 Å². The van der Waals surface area contributed by atoms with Crippen LogP contribution in [0.4, 0.5) is 11.4 Å². The summed E-state index contributed by atoms with van der Waals surface area (Å²) in [6, 6.07) is 14.0. The fourth-order valence-electron chi connectivity index (χ4n) is 3.01. The summed E-state index contributed by atoms with van der Waals surface area (Å²) in [4.78, 5) is 25.9. The van der Waals surface area contributed by atoms with Crippen molar-refractivity contribution in [3.8, 4) is 11.3 Å². The summed E-state index contributed by atoms with van der Waals surface area (Å²) < 4.78 is 5.84. The number of nitrogens with two attached hydrogens (primary N) is 1. The van der Waals surface area contributed by atoms with Crippen LogP contribution in [0.3, 0.4) is 0 Å². The Morgan fingerprint density at radius 2 is 1.80 bits per heavy atom. The van der Waals surface area contributed by atoms with Crippen LogP contribution < -0.4 is 16.1 Å². The van der Waals surface area contributed by atoms with Gasteiger partial charge < -0.3 is 15.1 Å². The van der Waals surface area contributed by atoms with Crippen LogP contribution in [0.15, 0.2) is 57.7 Å². The average Bonchev–Trinajstić information content (AvgIpc) is 2.54. The Hall–Kier alpha value is -3.08. The van der Waals surface area contributed by atoms with Crippen molar-refractivity contribution >= 4 is 28.3 Å². The lowest BCUT2D eigenvalue weighted by Crippen LogP contribution is -2.34. The lowest BCUT2D eigenvalue weighted by atomic mass is 10.1. The van der Waals surface area contributed by atoms with E-state index in [9.17, 15) is 9.59 Å². The molecule has 1 heterocycles. The van der Waals surface area contributed by atoms with Gasteiger partial charge in [0.2, 0.25) is 5.91 Å². The Morgan fingerprint density at radius 1 is 1.12 bits per heavy atom. The average molecular weight is 336 g/mol. The normalized spacial score (nSPS) is 11.0. The smallest absolute Gasteiger partial charge is 0.224 e. The molecular formula is C20H20N2O3. The standard InChI is InChI=1S/C20H20N2O3/c1-12(2)22(13(3)23)15-9-7-14(8-10-15)19-11-17(24)20-16(21)5-4-6-18(20)25-19/h4-12H,21H2,1-3H3. The van der Waals surface area contributed by atoms with Crippen LogP contribution >= 0.6 is 0 Å². The number of hydrogen-bond donors (Lipinski definition) is 1. The predicted molar refractivity (Wildman–Crippen MR) is 101 cm³/mol. The second kappa shape index (κ2) is 6.43. The monoisotopic (exact) mass is 336 g/mol. The second-order valence-corrected chi connectivity index (χ2v) is 6.22. The van der Waals surface area contributed by atoms with Crippen LogP contribution in [0.5, 0.6) is 0 Å². The first-order chi connectivity index (χ1) is 11.9. The molecule has 0 aliphatic heterocycles. The van der Waals surface area contributed by atoms with Gasteiger partial charge in [-0.3, -0.25) is 9.59 Å². The summed E-state index contributed by atoms with van der Waals surface area (Å²) in [6.07, 6.45) is 0. The van der Waals surface area contributed by atoms with Crippen LogP contribution in [0.25, 0.3) is 22.3 Å². The van der Waals surface area contributed by atoms with E-state index in [1.54, 1.807) is 30.0 Å². The number of hydrogen-bond acceptors (Lipinski definition) is 4. The molecule has 0 atom stereocenters. The summed E-state index contributed by atoms with van der Waals surface area (Å²) in [5, 5.41) is 0.394. The van der Waals surface area contributed by atoms with Gasteiger partial charge in [-0.2, -0.15) is 0 Å². The number of amides is 1. The molecule has 0 spiro atoms. The number of carbonyl (C=O) groups excluding carboxylic acids is 1. The largest absolute Gasteiger partial charge is 0.456 e. The Kier molecular flexibility index (Phi) is 4.31. The highest BCUT2D eigenvalue weighted by atomic mass is 16.3. The van der Waals surface area contributed by atoms with Crippen molar-refractivity contribution in [2.24, 2.45) is 0 Å². The molecule has 5 heteroatoms. The molecule has 0 unspecified atom stereocenters. The highest BCUT2D eigenvalue weighted by Gasteiger charge is 2.15. The maximum absolute atomic E-state index is 12.4. The number of rotatable bonds is 3. The van der Waals surface area contributed by atoms with E-state index in [4.69, 9.17) is 10.2 Å². The molecule has 128 valence electrons. The highest BCUT2D eigenvalue weighted by Crippen LogP contribution is 2.27. The molecule has 5 nitrogen and oxygen atoms in total. The molecule has 0 bridgehead atoms. The van der Waals surface area contributed by atoms with E-state index in [0.717, 1.165) is 11.3 Å². The van der Waals surface area contributed by atoms with Gasteiger partial charge in [0.15, 0.2) is 5.43 Å². The molecule has 2 aromatic carbocycles. The highest BCUT2D eigenvalue weighted by molar-refractivity contribution is 5.92. The Balaban J connectivity index is 2.05. The summed E-state index contributed by atoms with van der Waals surface area (Å²) in [7, 11) is 0. The van der Waals surface area contributed by atoms with Gasteiger partial charge in [-0.05, 0) is 50.2 Å². The third-order valence-corrected chi connectivity index (χ3v) is 4.07. The number of benzene rings is 2. The SMILES string of the molecule is CC(=O)N(c1ccc(-c2cc(=O)c3c(N)cccc3o2)cc1)C(C)C. The van der Waals surface area contributed by atoms with Gasteiger partial charge in [-0.1, -0.05) is 6.07 Å². The first kappa shape index (κ1) is 16.8. The van der Waals surface area contributed by atoms with E-state index in [-0.39, 0.29) is 17.4 Å². The summed E-state index contributed by atoms with van der Waals surface area (Å²) >= 11 is 0. The Morgan fingerprint density at radius 3 is 2.40 bits per heavy atom. The first-order valence-corrected chi connectivity index (χ1v) is 8.11. The topological polar surface area (TPSA) is 76.5 Å². The van der Waals surface area contributed by atoms with Crippen molar-refractivity contribution in [1.29, 1.82) is 0 Å². The Labute approximate surface area is 145 Å². The minimum atomic E-state index is -0.175. The lowest BCUT2D eigenvalue weighted by Gasteiger charge is -2.25. The van der Waals surface area contributed by atoms with Crippen LogP contribution in [0, 0.1) is 0 Å². The minimum Gasteiger partial charge on any atom is -0.456 e. The van der Waals surface area contributed by atoms with E-state index >= 15 is 0 Å². The van der Waals surface area contributed by atoms with Gasteiger partial charge in [-0.15, -0.1) is 0 Å². The van der Waals surface area contributed by atoms with Crippen LogP contribution in [0.1, 0.15) is 20.8 Å². The fourth-order valence-corrected chi connectivity index (χ4v) is 3.01. The molecule has 0 fully saturated rings. The quantitative estimate of drug-likeness (QED) is 0.738. The van der Waals surface area contributed by atoms with Crippen LogP contribution in [0.2, 0.25) is 0 Å². The number of nitrogens with zero attached hydrogens (tertiary/aromatic N) is 1. The first-order valence-electron chi connectivity index (χ1n) is 8.11. The van der Waals surface area contributed by atoms with Gasteiger partial charge in [0.1, 0.15) is 11.3 Å². The Bertz CT molecular complexity index is 988. The molecule has 25 heavy (non-hydrogen) atoms. The van der Waals surface area contributed by atoms with Crippen molar-refractivity contribution in [1.82, 2.24) is 0 Å². The van der Waals surface area contributed by atoms with Gasteiger partial charge in [0, 0.05) is 36.0 Å². The molecule has 1 amide bonds. The van der Waals surface area contributed by atoms with Crippen molar-refractivity contribution < 1.29 is 9.21 Å². The molecule has 0 saturated heterocycles. The lowest BCUT2D eigenvalue weighted by molar-refractivity contribution is -0.116. The van der Waals surface area contributed by atoms with Gasteiger partial charge in [0.05, 0.1) is 5.39 Å². The molecule has 1 aromatic heterocycles. The van der Waals surface area contributed by atoms with Crippen molar-refractivity contribution in [2.45, 2.75) is 26.8 Å². The van der Waals surface area contributed by atoms with E-state index < -0.39 is 0 Å². The fraction of sp³-hybridized carbons (Fsp3) is 0.200. The molecule has 0 saturated carbocycles. The summed E-state index contributed by atoms with van der Waals surface area (Å²) in [5.74, 6) is 0.448. The molecular weight excluding hydrogens is 316 g/mol. The molecule has 0 radical (unpaired) electrons. The third-order valence-electron chi connectivity index (χ3n) is 4.07. The zero-order chi connectivity index (χ0) is 18.1. The van der Waals surface area contributed by atoms with Crippen molar-refractivity contribution in [2.75, 3.05) is 10.6 Å². The van der Waals surface area contributed by atoms with Gasteiger partial charge in [0.25, 0.3) is 0 Å². The van der Waals surface area contributed by atoms with E-state index in [1.807, 2.05) is 38.1 Å². The maximum atomic E-state index is 12.4. The molecule has 3 aromatic rings. The minimum absolute atomic E-state index is 0.0181. The number of anilines is 2. The molecule has 0 aliphatic rings. The number of carbonyl (C=O) groups is 1.